The van der Waals surface area contributed by atoms with Crippen LogP contribution in [0.5, 0.6) is 5.75 Å². The van der Waals surface area contributed by atoms with Gasteiger partial charge in [-0.2, -0.15) is 0 Å². The molecule has 1 fully saturated rings. The van der Waals surface area contributed by atoms with Crippen molar-refractivity contribution in [2.75, 3.05) is 26.7 Å². The average molecular weight is 562 g/mol. The summed E-state index contributed by atoms with van der Waals surface area (Å²) in [6.07, 6.45) is 1.81. The summed E-state index contributed by atoms with van der Waals surface area (Å²) in [6, 6.07) is 9.23. The van der Waals surface area contributed by atoms with E-state index in [1.807, 2.05) is 13.0 Å². The number of hydrogen-bond donors (Lipinski definition) is 2. The van der Waals surface area contributed by atoms with Gasteiger partial charge in [-0.25, -0.2) is 13.2 Å². The maximum absolute atomic E-state index is 14.0. The Bertz CT molecular complexity index is 905. The Labute approximate surface area is 204 Å². The summed E-state index contributed by atoms with van der Waals surface area (Å²) in [6.45, 7) is 4.97. The quantitative estimate of drug-likeness (QED) is 0.298. The van der Waals surface area contributed by atoms with E-state index in [9.17, 15) is 13.2 Å². The number of likely N-dealkylation sites (tertiary alicyclic amines) is 1. The third-order valence-corrected chi connectivity index (χ3v) is 5.30. The molecule has 0 spiro atoms. The van der Waals surface area contributed by atoms with Crippen LogP contribution < -0.4 is 15.4 Å². The summed E-state index contributed by atoms with van der Waals surface area (Å²) in [5, 5.41) is 6.62. The molecule has 5 nitrogen and oxygen atoms in total. The molecule has 2 aromatic rings. The second kappa shape index (κ2) is 12.9. The smallest absolute Gasteiger partial charge is 0.191 e. The Morgan fingerprint density at radius 3 is 2.34 bits per heavy atom. The zero-order chi connectivity index (χ0) is 22.2. The van der Waals surface area contributed by atoms with E-state index in [0.29, 0.717) is 25.7 Å². The second-order valence-corrected chi connectivity index (χ2v) is 7.57. The van der Waals surface area contributed by atoms with Gasteiger partial charge in [0, 0.05) is 39.3 Å². The van der Waals surface area contributed by atoms with Crippen molar-refractivity contribution in [2.24, 2.45) is 4.99 Å². The van der Waals surface area contributed by atoms with Crippen molar-refractivity contribution < 1.29 is 17.9 Å². The molecule has 1 aliphatic rings. The molecule has 0 amide bonds. The minimum absolute atomic E-state index is 0. The molecule has 0 bridgehead atoms. The average Bonchev–Trinajstić information content (AvgIpc) is 2.77. The fourth-order valence-electron chi connectivity index (χ4n) is 3.63. The highest BCUT2D eigenvalue weighted by Gasteiger charge is 2.20. The monoisotopic (exact) mass is 562 g/mol. The van der Waals surface area contributed by atoms with Crippen molar-refractivity contribution >= 4 is 29.9 Å². The lowest BCUT2D eigenvalue weighted by molar-refractivity contribution is 0.198. The van der Waals surface area contributed by atoms with Crippen molar-refractivity contribution in [1.29, 1.82) is 0 Å². The van der Waals surface area contributed by atoms with Crippen LogP contribution in [0.2, 0.25) is 0 Å². The van der Waals surface area contributed by atoms with E-state index in [0.717, 1.165) is 37.1 Å². The van der Waals surface area contributed by atoms with Crippen molar-refractivity contribution in [3.63, 3.8) is 0 Å². The minimum atomic E-state index is -0.821. The van der Waals surface area contributed by atoms with Crippen LogP contribution in [-0.2, 0) is 13.1 Å². The van der Waals surface area contributed by atoms with Gasteiger partial charge >= 0.3 is 0 Å². The maximum Gasteiger partial charge on any atom is 0.191 e. The van der Waals surface area contributed by atoms with Crippen LogP contribution in [0, 0.1) is 17.5 Å². The van der Waals surface area contributed by atoms with E-state index < -0.39 is 11.6 Å². The van der Waals surface area contributed by atoms with Crippen LogP contribution in [0.4, 0.5) is 13.2 Å². The van der Waals surface area contributed by atoms with Gasteiger partial charge in [0.1, 0.15) is 0 Å². The van der Waals surface area contributed by atoms with Gasteiger partial charge in [0.25, 0.3) is 0 Å². The van der Waals surface area contributed by atoms with Crippen LogP contribution in [0.25, 0.3) is 0 Å². The molecule has 32 heavy (non-hydrogen) atoms. The maximum atomic E-state index is 14.0. The number of aliphatic imine (C=N–C) groups is 1. The molecule has 1 heterocycles. The SMILES string of the molecule is CCOc1ccc(CNC(=NC)NC2CCN(Cc3ccc(F)c(F)c3)CC2)cc1F.I. The zero-order valence-electron chi connectivity index (χ0n) is 18.3. The van der Waals surface area contributed by atoms with Gasteiger partial charge < -0.3 is 15.4 Å². The second-order valence-electron chi connectivity index (χ2n) is 7.57. The highest BCUT2D eigenvalue weighted by atomic mass is 127. The third-order valence-electron chi connectivity index (χ3n) is 5.30. The molecule has 176 valence electrons. The summed E-state index contributed by atoms with van der Waals surface area (Å²) in [5.41, 5.74) is 1.57. The van der Waals surface area contributed by atoms with E-state index in [-0.39, 0.29) is 41.6 Å². The van der Waals surface area contributed by atoms with Gasteiger partial charge in [0.05, 0.1) is 6.61 Å². The summed E-state index contributed by atoms with van der Waals surface area (Å²) >= 11 is 0. The Kier molecular flexibility index (Phi) is 10.6. The molecule has 1 aliphatic heterocycles. The van der Waals surface area contributed by atoms with E-state index in [4.69, 9.17) is 4.74 Å². The molecule has 0 aromatic heterocycles. The number of ether oxygens (including phenoxy) is 1. The standard InChI is InChI=1S/C23H29F3N4O.HI/c1-3-31-22-7-5-16(12-21(22)26)14-28-23(27-2)29-18-8-10-30(11-9-18)15-17-4-6-19(24)20(25)13-17;/h4-7,12-13,18H,3,8-11,14-15H2,1-2H3,(H2,27,28,29);1H. The molecular formula is C23H30F3IN4O. The Hall–Kier alpha value is -2.01. The molecule has 1 saturated heterocycles. The predicted octanol–water partition coefficient (Wildman–Crippen LogP) is 4.45. The molecule has 0 radical (unpaired) electrons. The van der Waals surface area contributed by atoms with Crippen LogP contribution >= 0.6 is 24.0 Å². The van der Waals surface area contributed by atoms with Gasteiger partial charge in [-0.1, -0.05) is 12.1 Å². The number of guanidine groups is 1. The topological polar surface area (TPSA) is 48.9 Å². The molecule has 2 aromatic carbocycles. The summed E-state index contributed by atoms with van der Waals surface area (Å²) < 4.78 is 45.7. The van der Waals surface area contributed by atoms with Crippen molar-refractivity contribution in [3.05, 3.63) is 65.0 Å². The van der Waals surface area contributed by atoms with Gasteiger partial charge in [-0.3, -0.25) is 9.89 Å². The van der Waals surface area contributed by atoms with Gasteiger partial charge in [0.2, 0.25) is 0 Å². The van der Waals surface area contributed by atoms with Crippen molar-refractivity contribution in [2.45, 2.75) is 38.9 Å². The van der Waals surface area contributed by atoms with E-state index in [2.05, 4.69) is 20.5 Å². The molecule has 0 unspecified atom stereocenters. The largest absolute Gasteiger partial charge is 0.491 e. The Balaban J connectivity index is 0.00000363. The molecule has 9 heteroatoms. The molecular weight excluding hydrogens is 532 g/mol. The number of halogens is 4. The summed E-state index contributed by atoms with van der Waals surface area (Å²) in [7, 11) is 1.70. The van der Waals surface area contributed by atoms with E-state index in [1.165, 1.54) is 18.2 Å². The Morgan fingerprint density at radius 1 is 1.03 bits per heavy atom. The fraction of sp³-hybridized carbons (Fsp3) is 0.435. The molecule has 0 saturated carbocycles. The van der Waals surface area contributed by atoms with Gasteiger partial charge in [-0.05, 0) is 55.2 Å². The first-order valence-electron chi connectivity index (χ1n) is 10.5. The highest BCUT2D eigenvalue weighted by Crippen LogP contribution is 2.18. The number of nitrogens with one attached hydrogen (secondary N) is 2. The summed E-state index contributed by atoms with van der Waals surface area (Å²) in [5.74, 6) is -1.09. The first-order chi connectivity index (χ1) is 15.0. The first kappa shape index (κ1) is 26.2. The van der Waals surface area contributed by atoms with Crippen LogP contribution in [0.3, 0.4) is 0 Å². The lowest BCUT2D eigenvalue weighted by Crippen LogP contribution is -2.48. The number of benzene rings is 2. The third kappa shape index (κ3) is 7.54. The Morgan fingerprint density at radius 2 is 1.72 bits per heavy atom. The number of nitrogens with zero attached hydrogens (tertiary/aromatic N) is 2. The lowest BCUT2D eigenvalue weighted by Gasteiger charge is -2.33. The van der Waals surface area contributed by atoms with Crippen molar-refractivity contribution in [3.8, 4) is 5.75 Å². The fourth-order valence-corrected chi connectivity index (χ4v) is 3.63. The van der Waals surface area contributed by atoms with Crippen LogP contribution in [-0.4, -0.2) is 43.6 Å². The number of hydrogen-bond acceptors (Lipinski definition) is 3. The number of piperidine rings is 1. The summed E-state index contributed by atoms with van der Waals surface area (Å²) in [4.78, 5) is 6.48. The molecule has 2 N–H and O–H groups in total. The van der Waals surface area contributed by atoms with Crippen LogP contribution in [0.15, 0.2) is 41.4 Å². The minimum Gasteiger partial charge on any atom is -0.491 e. The highest BCUT2D eigenvalue weighted by molar-refractivity contribution is 14.0. The lowest BCUT2D eigenvalue weighted by atomic mass is 10.0. The van der Waals surface area contributed by atoms with Crippen LogP contribution in [0.1, 0.15) is 30.9 Å². The zero-order valence-corrected chi connectivity index (χ0v) is 20.7. The molecule has 3 rings (SSSR count). The van der Waals surface area contributed by atoms with Crippen molar-refractivity contribution in [1.82, 2.24) is 15.5 Å². The first-order valence-corrected chi connectivity index (χ1v) is 10.5. The van der Waals surface area contributed by atoms with Gasteiger partial charge in [-0.15, -0.1) is 24.0 Å². The normalized spacial score (nSPS) is 15.2. The van der Waals surface area contributed by atoms with Gasteiger partial charge in [0.15, 0.2) is 29.2 Å². The number of rotatable bonds is 7. The van der Waals surface area contributed by atoms with E-state index >= 15 is 0 Å². The predicted molar refractivity (Wildman–Crippen MR) is 131 cm³/mol. The molecule has 0 aliphatic carbocycles. The molecule has 0 atom stereocenters. The van der Waals surface area contributed by atoms with E-state index in [1.54, 1.807) is 19.2 Å².